The van der Waals surface area contributed by atoms with E-state index in [1.54, 1.807) is 11.3 Å². The van der Waals surface area contributed by atoms with Gasteiger partial charge in [0.15, 0.2) is 0 Å². The molecule has 0 aliphatic heterocycles. The second-order valence-corrected chi connectivity index (χ2v) is 7.65. The van der Waals surface area contributed by atoms with Crippen molar-refractivity contribution < 1.29 is 4.21 Å². The van der Waals surface area contributed by atoms with E-state index in [1.165, 1.54) is 0 Å². The molecule has 1 aromatic heterocycles. The maximum atomic E-state index is 12.2. The number of rotatable bonds is 3. The zero-order valence-electron chi connectivity index (χ0n) is 9.27. The van der Waals surface area contributed by atoms with Crippen molar-refractivity contribution >= 4 is 43.8 Å². The van der Waals surface area contributed by atoms with Gasteiger partial charge in [0.05, 0.1) is 30.9 Å². The first kappa shape index (κ1) is 12.8. The normalized spacial score (nSPS) is 12.6. The van der Waals surface area contributed by atoms with Crippen molar-refractivity contribution in [3.05, 3.63) is 44.6 Å². The highest BCUT2D eigenvalue weighted by Crippen LogP contribution is 2.27. The number of hydrogen-bond acceptors (Lipinski definition) is 3. The summed E-state index contributed by atoms with van der Waals surface area (Å²) in [4.78, 5) is 1.82. The van der Waals surface area contributed by atoms with Gasteiger partial charge in [0, 0.05) is 4.88 Å². The van der Waals surface area contributed by atoms with Crippen LogP contribution in [0.4, 0.5) is 5.69 Å². The number of aryl methyl sites for hydroxylation is 1. The van der Waals surface area contributed by atoms with Crippen molar-refractivity contribution in [2.24, 2.45) is 0 Å². The summed E-state index contributed by atoms with van der Waals surface area (Å²) in [6.07, 6.45) is 0. The number of benzene rings is 1. The number of hydrogen-bond donors (Lipinski definition) is 1. The predicted molar refractivity (Wildman–Crippen MR) is 77.7 cm³/mol. The van der Waals surface area contributed by atoms with E-state index in [4.69, 9.17) is 5.73 Å². The van der Waals surface area contributed by atoms with E-state index >= 15 is 0 Å². The van der Waals surface area contributed by atoms with E-state index in [0.717, 1.165) is 19.1 Å². The average molecular weight is 330 g/mol. The fourth-order valence-electron chi connectivity index (χ4n) is 1.49. The standard InChI is InChI=1S/C12H12BrNOS2/c1-8-3-2-4-10(12(8)14)17(15)7-9-5-6-11(13)16-9/h2-6H,7,14H2,1H3. The Morgan fingerprint density at radius 3 is 2.76 bits per heavy atom. The van der Waals surface area contributed by atoms with Crippen LogP contribution in [0.5, 0.6) is 0 Å². The van der Waals surface area contributed by atoms with E-state index in [1.807, 2.05) is 37.3 Å². The lowest BCUT2D eigenvalue weighted by Gasteiger charge is -2.07. The maximum Gasteiger partial charge on any atom is 0.0701 e. The highest BCUT2D eigenvalue weighted by Gasteiger charge is 2.11. The first-order valence-corrected chi connectivity index (χ1v) is 7.98. The van der Waals surface area contributed by atoms with Gasteiger partial charge in [-0.15, -0.1) is 11.3 Å². The van der Waals surface area contributed by atoms with Gasteiger partial charge in [-0.25, -0.2) is 0 Å². The molecular weight excluding hydrogens is 318 g/mol. The Morgan fingerprint density at radius 2 is 2.12 bits per heavy atom. The van der Waals surface area contributed by atoms with Crippen molar-refractivity contribution in [3.8, 4) is 0 Å². The number of halogens is 1. The Morgan fingerprint density at radius 1 is 1.35 bits per heavy atom. The zero-order chi connectivity index (χ0) is 12.4. The van der Waals surface area contributed by atoms with Crippen LogP contribution < -0.4 is 5.73 Å². The van der Waals surface area contributed by atoms with Crippen molar-refractivity contribution in [2.75, 3.05) is 5.73 Å². The average Bonchev–Trinajstić information content (AvgIpc) is 2.68. The number of para-hydroxylation sites is 1. The summed E-state index contributed by atoms with van der Waals surface area (Å²) >= 11 is 5.00. The fourth-order valence-corrected chi connectivity index (χ4v) is 4.47. The molecule has 1 heterocycles. The molecule has 0 amide bonds. The minimum atomic E-state index is -1.08. The third-order valence-corrected chi connectivity index (χ3v) is 5.66. The molecule has 0 fully saturated rings. The van der Waals surface area contributed by atoms with Gasteiger partial charge < -0.3 is 5.73 Å². The molecule has 0 radical (unpaired) electrons. The summed E-state index contributed by atoms with van der Waals surface area (Å²) in [7, 11) is -1.08. The molecule has 0 aliphatic rings. The molecule has 2 aromatic rings. The van der Waals surface area contributed by atoms with E-state index in [2.05, 4.69) is 15.9 Å². The number of anilines is 1. The van der Waals surface area contributed by atoms with Crippen LogP contribution in [-0.4, -0.2) is 4.21 Å². The lowest BCUT2D eigenvalue weighted by molar-refractivity contribution is 0.683. The Hall–Kier alpha value is -0.650. The van der Waals surface area contributed by atoms with Crippen LogP contribution in [0.15, 0.2) is 39.0 Å². The summed E-state index contributed by atoms with van der Waals surface area (Å²) in [5, 5.41) is 0. The van der Waals surface area contributed by atoms with Crippen LogP contribution in [0.3, 0.4) is 0 Å². The van der Waals surface area contributed by atoms with Crippen LogP contribution in [0, 0.1) is 6.92 Å². The molecule has 0 spiro atoms. The second-order valence-electron chi connectivity index (χ2n) is 3.68. The number of nitrogen functional groups attached to an aromatic ring is 1. The second kappa shape index (κ2) is 5.33. The molecule has 1 unspecified atom stereocenters. The Bertz CT molecular complexity index is 565. The largest absolute Gasteiger partial charge is 0.398 e. The molecule has 0 bridgehead atoms. The predicted octanol–water partition coefficient (Wildman–Crippen LogP) is 3.71. The third-order valence-electron chi connectivity index (χ3n) is 2.43. The van der Waals surface area contributed by atoms with Crippen molar-refractivity contribution in [1.29, 1.82) is 0 Å². The van der Waals surface area contributed by atoms with Gasteiger partial charge in [0.1, 0.15) is 0 Å². The highest BCUT2D eigenvalue weighted by atomic mass is 79.9. The fraction of sp³-hybridized carbons (Fsp3) is 0.167. The van der Waals surface area contributed by atoms with Gasteiger partial charge in [-0.05, 0) is 46.6 Å². The topological polar surface area (TPSA) is 43.1 Å². The third kappa shape index (κ3) is 2.97. The minimum Gasteiger partial charge on any atom is -0.398 e. The first-order chi connectivity index (χ1) is 8.08. The minimum absolute atomic E-state index is 0.518. The quantitative estimate of drug-likeness (QED) is 0.872. The molecule has 0 aliphatic carbocycles. The van der Waals surface area contributed by atoms with Gasteiger partial charge in [-0.2, -0.15) is 0 Å². The smallest absolute Gasteiger partial charge is 0.0701 e. The molecule has 0 saturated heterocycles. The van der Waals surface area contributed by atoms with Gasteiger partial charge >= 0.3 is 0 Å². The summed E-state index contributed by atoms with van der Waals surface area (Å²) in [5.74, 6) is 0.518. The Labute approximate surface area is 115 Å². The van der Waals surface area contributed by atoms with Crippen molar-refractivity contribution in [3.63, 3.8) is 0 Å². The molecule has 5 heteroatoms. The molecular formula is C12H12BrNOS2. The van der Waals surface area contributed by atoms with E-state index in [9.17, 15) is 4.21 Å². The number of nitrogens with two attached hydrogens (primary N) is 1. The van der Waals surface area contributed by atoms with Crippen molar-refractivity contribution in [1.82, 2.24) is 0 Å². The Kier molecular flexibility index (Phi) is 4.01. The molecule has 1 aromatic carbocycles. The molecule has 0 saturated carbocycles. The van der Waals surface area contributed by atoms with Gasteiger partial charge in [0.2, 0.25) is 0 Å². The lowest BCUT2D eigenvalue weighted by Crippen LogP contribution is -2.01. The van der Waals surface area contributed by atoms with Crippen LogP contribution in [-0.2, 0) is 16.6 Å². The van der Waals surface area contributed by atoms with Crippen LogP contribution in [0.2, 0.25) is 0 Å². The Balaban J connectivity index is 2.23. The van der Waals surface area contributed by atoms with E-state index in [-0.39, 0.29) is 0 Å². The summed E-state index contributed by atoms with van der Waals surface area (Å²) in [6.45, 7) is 1.93. The molecule has 2 rings (SSSR count). The SMILES string of the molecule is Cc1cccc(S(=O)Cc2ccc(Br)s2)c1N. The molecule has 17 heavy (non-hydrogen) atoms. The van der Waals surface area contributed by atoms with E-state index in [0.29, 0.717) is 11.4 Å². The highest BCUT2D eigenvalue weighted by molar-refractivity contribution is 9.11. The van der Waals surface area contributed by atoms with E-state index < -0.39 is 10.8 Å². The van der Waals surface area contributed by atoms with Gasteiger partial charge in [0.25, 0.3) is 0 Å². The summed E-state index contributed by atoms with van der Waals surface area (Å²) in [5.41, 5.74) is 7.56. The summed E-state index contributed by atoms with van der Waals surface area (Å²) in [6, 6.07) is 9.61. The molecule has 2 N–H and O–H groups in total. The zero-order valence-corrected chi connectivity index (χ0v) is 12.5. The molecule has 90 valence electrons. The lowest BCUT2D eigenvalue weighted by atomic mass is 10.2. The maximum absolute atomic E-state index is 12.2. The number of thiophene rings is 1. The van der Waals surface area contributed by atoms with Crippen LogP contribution in [0.25, 0.3) is 0 Å². The molecule has 1 atom stereocenters. The monoisotopic (exact) mass is 329 g/mol. The van der Waals surface area contributed by atoms with Crippen LogP contribution in [0.1, 0.15) is 10.4 Å². The van der Waals surface area contributed by atoms with Gasteiger partial charge in [-0.3, -0.25) is 4.21 Å². The molecule has 2 nitrogen and oxygen atoms in total. The van der Waals surface area contributed by atoms with Gasteiger partial charge in [-0.1, -0.05) is 12.1 Å². The first-order valence-electron chi connectivity index (χ1n) is 5.05. The summed E-state index contributed by atoms with van der Waals surface area (Å²) < 4.78 is 13.3. The van der Waals surface area contributed by atoms with Crippen molar-refractivity contribution in [2.45, 2.75) is 17.6 Å². The van der Waals surface area contributed by atoms with Crippen LogP contribution >= 0.6 is 27.3 Å².